The van der Waals surface area contributed by atoms with Crippen LogP contribution in [0, 0.1) is 6.92 Å². The summed E-state index contributed by atoms with van der Waals surface area (Å²) in [5.41, 5.74) is 1.03. The Balaban J connectivity index is 1.93. The van der Waals surface area contributed by atoms with Gasteiger partial charge >= 0.3 is 0 Å². The number of oxazole rings is 1. The van der Waals surface area contributed by atoms with E-state index < -0.39 is 15.6 Å². The van der Waals surface area contributed by atoms with E-state index >= 15 is 0 Å². The zero-order valence-corrected chi connectivity index (χ0v) is 19.1. The maximum atomic E-state index is 12.5. The van der Waals surface area contributed by atoms with Gasteiger partial charge in [0.2, 0.25) is 5.89 Å². The van der Waals surface area contributed by atoms with E-state index in [9.17, 15) is 13.2 Å². The number of unbranched alkanes of at least 4 members (excludes halogenated alkanes) is 1. The molecule has 0 N–H and O–H groups in total. The first-order valence-corrected chi connectivity index (χ1v) is 12.1. The third kappa shape index (κ3) is 7.25. The Morgan fingerprint density at radius 3 is 2.60 bits per heavy atom. The number of hydrogen-bond acceptors (Lipinski definition) is 7. The lowest BCUT2D eigenvalue weighted by Gasteiger charge is -2.17. The summed E-state index contributed by atoms with van der Waals surface area (Å²) in [6.45, 7) is 8.77. The van der Waals surface area contributed by atoms with Crippen LogP contribution in [-0.2, 0) is 20.4 Å². The molecule has 0 amide bonds. The Morgan fingerprint density at radius 2 is 1.93 bits per heavy atom. The molecule has 1 aromatic carbocycles. The number of rotatable bonds is 13. The van der Waals surface area contributed by atoms with Gasteiger partial charge in [-0.2, -0.15) is 0 Å². The minimum absolute atomic E-state index is 0.247. The van der Waals surface area contributed by atoms with E-state index in [-0.39, 0.29) is 18.0 Å². The summed E-state index contributed by atoms with van der Waals surface area (Å²) < 4.78 is 35.9. The van der Waals surface area contributed by atoms with Gasteiger partial charge in [-0.05, 0) is 57.6 Å². The van der Waals surface area contributed by atoms with Crippen molar-refractivity contribution >= 4 is 15.6 Å². The second kappa shape index (κ2) is 11.3. The number of methoxy groups -OCH3 is 1. The van der Waals surface area contributed by atoms with Crippen molar-refractivity contribution in [1.82, 2.24) is 9.88 Å². The van der Waals surface area contributed by atoms with Gasteiger partial charge in [-0.15, -0.1) is 0 Å². The lowest BCUT2D eigenvalue weighted by molar-refractivity contribution is -0.116. The van der Waals surface area contributed by atoms with E-state index in [4.69, 9.17) is 9.15 Å². The zero-order chi connectivity index (χ0) is 22.1. The average molecular weight is 437 g/mol. The lowest BCUT2D eigenvalue weighted by atomic mass is 10.2. The Morgan fingerprint density at radius 1 is 1.20 bits per heavy atom. The van der Waals surface area contributed by atoms with Crippen molar-refractivity contribution in [2.45, 2.75) is 45.8 Å². The van der Waals surface area contributed by atoms with Crippen molar-refractivity contribution in [2.75, 3.05) is 32.5 Å². The van der Waals surface area contributed by atoms with E-state index in [0.717, 1.165) is 26.1 Å². The minimum Gasteiger partial charge on any atom is -0.497 e. The summed E-state index contributed by atoms with van der Waals surface area (Å²) in [5, 5.41) is 0. The first-order chi connectivity index (χ1) is 14.3. The number of carbonyl (C=O) groups excluding carboxylic acids is 1. The van der Waals surface area contributed by atoms with E-state index in [0.29, 0.717) is 35.1 Å². The second-order valence-electron chi connectivity index (χ2n) is 7.31. The number of hydrogen-bond donors (Lipinski definition) is 0. The number of nitrogens with zero attached hydrogens (tertiary/aromatic N) is 2. The van der Waals surface area contributed by atoms with Gasteiger partial charge in [-0.1, -0.05) is 19.9 Å². The van der Waals surface area contributed by atoms with Gasteiger partial charge in [-0.25, -0.2) is 13.4 Å². The third-order valence-corrected chi connectivity index (χ3v) is 6.50. The average Bonchev–Trinajstić information content (AvgIpc) is 3.07. The zero-order valence-electron chi connectivity index (χ0n) is 18.3. The van der Waals surface area contributed by atoms with E-state index in [1.165, 1.54) is 0 Å². The molecular weight excluding hydrogens is 404 g/mol. The molecule has 7 nitrogen and oxygen atoms in total. The summed E-state index contributed by atoms with van der Waals surface area (Å²) in [5.74, 6) is 0.409. The van der Waals surface area contributed by atoms with Gasteiger partial charge in [0.15, 0.2) is 9.84 Å². The summed E-state index contributed by atoms with van der Waals surface area (Å²) in [4.78, 5) is 18.8. The molecule has 166 valence electrons. The Bertz CT molecular complexity index is 933. The topological polar surface area (TPSA) is 89.7 Å². The van der Waals surface area contributed by atoms with Crippen molar-refractivity contribution < 1.29 is 22.4 Å². The van der Waals surface area contributed by atoms with Crippen LogP contribution in [0.2, 0.25) is 0 Å². The number of aromatic nitrogens is 1. The van der Waals surface area contributed by atoms with Crippen LogP contribution >= 0.6 is 0 Å². The molecule has 2 aromatic rings. The van der Waals surface area contributed by atoms with Crippen LogP contribution in [0.3, 0.4) is 0 Å². The molecule has 0 radical (unpaired) electrons. The number of ketones is 1. The maximum Gasteiger partial charge on any atom is 0.226 e. The molecular formula is C22H32N2O5S. The van der Waals surface area contributed by atoms with E-state index in [1.54, 1.807) is 26.2 Å². The lowest BCUT2D eigenvalue weighted by Crippen LogP contribution is -2.24. The highest BCUT2D eigenvalue weighted by Gasteiger charge is 2.22. The van der Waals surface area contributed by atoms with Gasteiger partial charge in [-0.3, -0.25) is 4.79 Å². The van der Waals surface area contributed by atoms with E-state index in [2.05, 4.69) is 23.7 Å². The van der Waals surface area contributed by atoms with Crippen molar-refractivity contribution in [3.63, 3.8) is 0 Å². The van der Waals surface area contributed by atoms with Crippen molar-refractivity contribution in [3.8, 4) is 17.2 Å². The minimum atomic E-state index is -3.61. The maximum absolute atomic E-state index is 12.5. The molecule has 0 aliphatic rings. The summed E-state index contributed by atoms with van der Waals surface area (Å²) in [6.07, 6.45) is 1.88. The fourth-order valence-corrected chi connectivity index (χ4v) is 4.64. The Labute approximate surface area is 179 Å². The first kappa shape index (κ1) is 24.1. The number of ether oxygens (including phenoxy) is 1. The van der Waals surface area contributed by atoms with Gasteiger partial charge < -0.3 is 14.1 Å². The van der Waals surface area contributed by atoms with Gasteiger partial charge in [0.1, 0.15) is 23.0 Å². The predicted octanol–water partition coefficient (Wildman–Crippen LogP) is 3.65. The second-order valence-corrected chi connectivity index (χ2v) is 9.37. The van der Waals surface area contributed by atoms with Gasteiger partial charge in [0.05, 0.1) is 18.6 Å². The highest BCUT2D eigenvalue weighted by Crippen LogP contribution is 2.26. The number of Topliss-reactive ketones (excluding diaryl/α,β-unsaturated/α-hetero) is 1. The van der Waals surface area contributed by atoms with Crippen LogP contribution in [0.15, 0.2) is 28.7 Å². The van der Waals surface area contributed by atoms with Crippen LogP contribution < -0.4 is 4.74 Å². The number of aryl methyl sites for hydroxylation is 1. The molecule has 0 unspecified atom stereocenters. The molecule has 30 heavy (non-hydrogen) atoms. The molecule has 0 aliphatic heterocycles. The number of carbonyl (C=O) groups is 1. The molecule has 1 heterocycles. The molecule has 0 bridgehead atoms. The highest BCUT2D eigenvalue weighted by atomic mass is 32.2. The predicted molar refractivity (Wildman–Crippen MR) is 117 cm³/mol. The standard InChI is InChI=1S/C22H32N2O5S/c1-5-24(6-2)13-8-7-11-19(25)15-30(26,27)16-21-17(3)29-22(23-21)18-10-9-12-20(14-18)28-4/h9-10,12,14H,5-8,11,13,15-16H2,1-4H3. The summed E-state index contributed by atoms with van der Waals surface area (Å²) >= 11 is 0. The van der Waals surface area contributed by atoms with Crippen molar-refractivity contribution in [1.29, 1.82) is 0 Å². The van der Waals surface area contributed by atoms with Crippen molar-refractivity contribution in [3.05, 3.63) is 35.7 Å². The van der Waals surface area contributed by atoms with Gasteiger partial charge in [0.25, 0.3) is 0 Å². The SMILES string of the molecule is CCN(CC)CCCCC(=O)CS(=O)(=O)Cc1nc(-c2cccc(OC)c2)oc1C. The Kier molecular flexibility index (Phi) is 9.05. The fourth-order valence-electron chi connectivity index (χ4n) is 3.22. The van der Waals surface area contributed by atoms with Crippen LogP contribution in [0.4, 0.5) is 0 Å². The van der Waals surface area contributed by atoms with E-state index in [1.807, 2.05) is 12.1 Å². The largest absolute Gasteiger partial charge is 0.497 e. The molecule has 1 aromatic heterocycles. The number of sulfone groups is 1. The van der Waals surface area contributed by atoms with Crippen LogP contribution in [0.25, 0.3) is 11.5 Å². The monoisotopic (exact) mass is 436 g/mol. The third-order valence-electron chi connectivity index (χ3n) is 5.02. The smallest absolute Gasteiger partial charge is 0.226 e. The molecule has 0 saturated carbocycles. The highest BCUT2D eigenvalue weighted by molar-refractivity contribution is 7.91. The summed E-state index contributed by atoms with van der Waals surface area (Å²) in [6, 6.07) is 7.19. The summed E-state index contributed by atoms with van der Waals surface area (Å²) in [7, 11) is -2.04. The molecule has 2 rings (SSSR count). The molecule has 8 heteroatoms. The molecule has 0 saturated heterocycles. The molecule has 0 aliphatic carbocycles. The van der Waals surface area contributed by atoms with Crippen molar-refractivity contribution in [2.24, 2.45) is 0 Å². The molecule has 0 fully saturated rings. The quantitative estimate of drug-likeness (QED) is 0.443. The Hall–Kier alpha value is -2.19. The van der Waals surface area contributed by atoms with Gasteiger partial charge in [0, 0.05) is 12.0 Å². The molecule has 0 atom stereocenters. The fraction of sp³-hybridized carbons (Fsp3) is 0.545. The first-order valence-electron chi connectivity index (χ1n) is 10.3. The van der Waals surface area contributed by atoms with Crippen LogP contribution in [0.5, 0.6) is 5.75 Å². The van der Waals surface area contributed by atoms with Crippen LogP contribution in [0.1, 0.15) is 44.6 Å². The van der Waals surface area contributed by atoms with Crippen LogP contribution in [-0.4, -0.2) is 56.6 Å². The normalized spacial score (nSPS) is 11.8. The number of benzene rings is 1. The molecule has 0 spiro atoms.